The maximum atomic E-state index is 12.2. The molecule has 2 amide bonds. The van der Waals surface area contributed by atoms with Crippen molar-refractivity contribution in [1.29, 1.82) is 0 Å². The Morgan fingerprint density at radius 2 is 2.05 bits per heavy atom. The molecule has 1 aromatic rings. The predicted molar refractivity (Wildman–Crippen MR) is 75.9 cm³/mol. The van der Waals surface area contributed by atoms with Crippen LogP contribution in [-0.4, -0.2) is 55.4 Å². The number of halogens is 1. The van der Waals surface area contributed by atoms with Gasteiger partial charge in [0.15, 0.2) is 0 Å². The van der Waals surface area contributed by atoms with Gasteiger partial charge in [-0.2, -0.15) is 0 Å². The highest BCUT2D eigenvalue weighted by Gasteiger charge is 2.20. The molecule has 0 bridgehead atoms. The molecule has 0 spiro atoms. The first-order valence-electron chi connectivity index (χ1n) is 6.43. The van der Waals surface area contributed by atoms with Crippen molar-refractivity contribution in [2.75, 3.05) is 33.3 Å². The Morgan fingerprint density at radius 3 is 2.60 bits per heavy atom. The summed E-state index contributed by atoms with van der Waals surface area (Å²) in [5, 5.41) is 0.503. The van der Waals surface area contributed by atoms with E-state index in [2.05, 4.69) is 0 Å². The van der Waals surface area contributed by atoms with Crippen LogP contribution < -0.4 is 4.74 Å². The molecule has 0 aliphatic carbocycles. The van der Waals surface area contributed by atoms with Crippen LogP contribution in [0.25, 0.3) is 0 Å². The minimum Gasteiger partial charge on any atom is -0.495 e. The highest BCUT2D eigenvalue weighted by Crippen LogP contribution is 2.25. The molecule has 1 fully saturated rings. The highest BCUT2D eigenvalue weighted by molar-refractivity contribution is 6.32. The van der Waals surface area contributed by atoms with Gasteiger partial charge in [0, 0.05) is 26.2 Å². The zero-order valence-electron chi connectivity index (χ0n) is 11.3. The number of carbonyl (C=O) groups is 2. The summed E-state index contributed by atoms with van der Waals surface area (Å²) in [6, 6.07) is 5.35. The van der Waals surface area contributed by atoms with Gasteiger partial charge in [0.25, 0.3) is 0 Å². The molecular weight excluding hydrogens is 280 g/mol. The molecule has 1 heterocycles. The van der Waals surface area contributed by atoms with Gasteiger partial charge in [0.05, 0.1) is 18.6 Å². The molecule has 0 aromatic heterocycles. The van der Waals surface area contributed by atoms with E-state index in [1.807, 2.05) is 6.07 Å². The summed E-state index contributed by atoms with van der Waals surface area (Å²) in [7, 11) is 1.55. The summed E-state index contributed by atoms with van der Waals surface area (Å²) in [5.41, 5.74) is 0.860. The van der Waals surface area contributed by atoms with Gasteiger partial charge in [-0.25, -0.2) is 0 Å². The van der Waals surface area contributed by atoms with Gasteiger partial charge < -0.3 is 14.5 Å². The van der Waals surface area contributed by atoms with E-state index in [1.165, 1.54) is 0 Å². The molecule has 6 heteroatoms. The van der Waals surface area contributed by atoms with Crippen molar-refractivity contribution >= 4 is 23.9 Å². The lowest BCUT2D eigenvalue weighted by Gasteiger charge is -2.32. The topological polar surface area (TPSA) is 49.9 Å². The minimum atomic E-state index is 0.0526. The van der Waals surface area contributed by atoms with Gasteiger partial charge in [-0.15, -0.1) is 0 Å². The standard InChI is InChI=1S/C14H17ClN2O3/c1-20-13-3-2-11(8-12(13)15)9-14(19)17-6-4-16(10-18)5-7-17/h2-3,8,10H,4-7,9H2,1H3. The fraction of sp³-hybridized carbons (Fsp3) is 0.429. The Balaban J connectivity index is 1.94. The highest BCUT2D eigenvalue weighted by atomic mass is 35.5. The molecule has 0 unspecified atom stereocenters. The molecular formula is C14H17ClN2O3. The molecule has 1 aliphatic rings. The Hall–Kier alpha value is -1.75. The van der Waals surface area contributed by atoms with Crippen LogP contribution in [0.4, 0.5) is 0 Å². The van der Waals surface area contributed by atoms with Crippen molar-refractivity contribution in [3.05, 3.63) is 28.8 Å². The van der Waals surface area contributed by atoms with E-state index in [4.69, 9.17) is 16.3 Å². The number of hydrogen-bond donors (Lipinski definition) is 0. The van der Waals surface area contributed by atoms with Gasteiger partial charge in [-0.1, -0.05) is 17.7 Å². The summed E-state index contributed by atoms with van der Waals surface area (Å²) in [4.78, 5) is 26.2. The maximum absolute atomic E-state index is 12.2. The van der Waals surface area contributed by atoms with Crippen LogP contribution >= 0.6 is 11.6 Å². The van der Waals surface area contributed by atoms with Crippen LogP contribution in [0, 0.1) is 0 Å². The van der Waals surface area contributed by atoms with Crippen molar-refractivity contribution in [1.82, 2.24) is 9.80 Å². The zero-order chi connectivity index (χ0) is 14.5. The molecule has 108 valence electrons. The number of carbonyl (C=O) groups excluding carboxylic acids is 2. The summed E-state index contributed by atoms with van der Waals surface area (Å²) in [6.45, 7) is 2.36. The first-order valence-corrected chi connectivity index (χ1v) is 6.81. The number of rotatable bonds is 4. The molecule has 20 heavy (non-hydrogen) atoms. The Morgan fingerprint density at radius 1 is 1.35 bits per heavy atom. The number of ether oxygens (including phenoxy) is 1. The molecule has 1 aromatic carbocycles. The fourth-order valence-corrected chi connectivity index (χ4v) is 2.46. The van der Waals surface area contributed by atoms with Crippen LogP contribution in [0.2, 0.25) is 5.02 Å². The van der Waals surface area contributed by atoms with E-state index < -0.39 is 0 Å². The van der Waals surface area contributed by atoms with Gasteiger partial charge in [0.1, 0.15) is 5.75 Å². The number of hydrogen-bond acceptors (Lipinski definition) is 3. The smallest absolute Gasteiger partial charge is 0.227 e. The Bertz CT molecular complexity index is 499. The Kier molecular flexibility index (Phi) is 4.84. The van der Waals surface area contributed by atoms with Gasteiger partial charge >= 0.3 is 0 Å². The van der Waals surface area contributed by atoms with E-state index >= 15 is 0 Å². The largest absolute Gasteiger partial charge is 0.495 e. The number of amides is 2. The summed E-state index contributed by atoms with van der Waals surface area (Å²) in [6.07, 6.45) is 1.13. The maximum Gasteiger partial charge on any atom is 0.227 e. The molecule has 0 radical (unpaired) electrons. The number of nitrogens with zero attached hydrogens (tertiary/aromatic N) is 2. The van der Waals surface area contributed by atoms with Gasteiger partial charge in [-0.3, -0.25) is 9.59 Å². The van der Waals surface area contributed by atoms with Gasteiger partial charge in [0.2, 0.25) is 12.3 Å². The van der Waals surface area contributed by atoms with E-state index in [-0.39, 0.29) is 5.91 Å². The van der Waals surface area contributed by atoms with E-state index in [0.29, 0.717) is 43.4 Å². The van der Waals surface area contributed by atoms with Crippen LogP contribution in [-0.2, 0) is 16.0 Å². The molecule has 2 rings (SSSR count). The van der Waals surface area contributed by atoms with Crippen molar-refractivity contribution in [3.8, 4) is 5.75 Å². The van der Waals surface area contributed by atoms with Crippen molar-refractivity contribution in [2.45, 2.75) is 6.42 Å². The molecule has 0 atom stereocenters. The molecule has 0 N–H and O–H groups in total. The monoisotopic (exact) mass is 296 g/mol. The minimum absolute atomic E-state index is 0.0526. The third-order valence-corrected chi connectivity index (χ3v) is 3.68. The van der Waals surface area contributed by atoms with Crippen LogP contribution in [0.15, 0.2) is 18.2 Å². The summed E-state index contributed by atoms with van der Waals surface area (Å²) < 4.78 is 5.08. The molecule has 5 nitrogen and oxygen atoms in total. The Labute approximate surface area is 123 Å². The second-order valence-electron chi connectivity index (χ2n) is 4.67. The molecule has 1 aliphatic heterocycles. The summed E-state index contributed by atoms with van der Waals surface area (Å²) >= 11 is 6.04. The lowest BCUT2D eigenvalue weighted by molar-refractivity contribution is -0.134. The second-order valence-corrected chi connectivity index (χ2v) is 5.08. The lowest BCUT2D eigenvalue weighted by atomic mass is 10.1. The van der Waals surface area contributed by atoms with Crippen molar-refractivity contribution in [2.24, 2.45) is 0 Å². The molecule has 1 saturated heterocycles. The van der Waals surface area contributed by atoms with Crippen molar-refractivity contribution < 1.29 is 14.3 Å². The average molecular weight is 297 g/mol. The van der Waals surface area contributed by atoms with Gasteiger partial charge in [-0.05, 0) is 17.7 Å². The predicted octanol–water partition coefficient (Wildman–Crippen LogP) is 1.19. The van der Waals surface area contributed by atoms with Crippen LogP contribution in [0.1, 0.15) is 5.56 Å². The lowest BCUT2D eigenvalue weighted by Crippen LogP contribution is -2.48. The SMILES string of the molecule is COc1ccc(CC(=O)N2CCN(C=O)CC2)cc1Cl. The zero-order valence-corrected chi connectivity index (χ0v) is 12.1. The fourth-order valence-electron chi connectivity index (χ4n) is 2.18. The first-order chi connectivity index (χ1) is 9.63. The molecule has 0 saturated carbocycles. The number of benzene rings is 1. The summed E-state index contributed by atoms with van der Waals surface area (Å²) in [5.74, 6) is 0.652. The third kappa shape index (κ3) is 3.42. The van der Waals surface area contributed by atoms with Crippen LogP contribution in [0.5, 0.6) is 5.75 Å². The third-order valence-electron chi connectivity index (χ3n) is 3.39. The van der Waals surface area contributed by atoms with Crippen LogP contribution in [0.3, 0.4) is 0 Å². The average Bonchev–Trinajstić information content (AvgIpc) is 2.47. The first kappa shape index (κ1) is 14.7. The van der Waals surface area contributed by atoms with E-state index in [0.717, 1.165) is 12.0 Å². The number of methoxy groups -OCH3 is 1. The normalized spacial score (nSPS) is 15.1. The van der Waals surface area contributed by atoms with Crippen molar-refractivity contribution in [3.63, 3.8) is 0 Å². The number of piperazine rings is 1. The quantitative estimate of drug-likeness (QED) is 0.784. The van der Waals surface area contributed by atoms with E-state index in [1.54, 1.807) is 29.0 Å². The van der Waals surface area contributed by atoms with E-state index in [9.17, 15) is 9.59 Å². The second kappa shape index (κ2) is 6.61.